The predicted octanol–water partition coefficient (Wildman–Crippen LogP) is 4.08. The Morgan fingerprint density at radius 2 is 1.74 bits per heavy atom. The number of carbonyl (C=O) groups is 2. The number of carbonyl (C=O) groups excluding carboxylic acids is 2. The largest absolute Gasteiger partial charge is 0.417 e. The molecule has 2 N–H and O–H groups in total. The molecule has 0 unspecified atom stereocenters. The van der Waals surface area contributed by atoms with Gasteiger partial charge >= 0.3 is 6.18 Å². The minimum Gasteiger partial charge on any atom is -0.325 e. The number of para-hydroxylation sites is 1. The van der Waals surface area contributed by atoms with E-state index in [2.05, 4.69) is 10.6 Å². The zero-order chi connectivity index (χ0) is 23.3. The summed E-state index contributed by atoms with van der Waals surface area (Å²) < 4.78 is 38.7. The quantitative estimate of drug-likeness (QED) is 0.480. The number of rotatable bonds is 7. The number of nitrogens with zero attached hydrogens (tertiary/aromatic N) is 2. The highest BCUT2D eigenvalue weighted by Crippen LogP contribution is 2.36. The van der Waals surface area contributed by atoms with Crippen molar-refractivity contribution in [3.63, 3.8) is 0 Å². The highest BCUT2D eigenvalue weighted by molar-refractivity contribution is 6.31. The molecule has 2 amide bonds. The maximum absolute atomic E-state index is 12.9. The number of hydrogen-bond donors (Lipinski definition) is 2. The number of amides is 2. The molecular weight excluding hydrogens is 441 g/mol. The molecule has 0 saturated heterocycles. The van der Waals surface area contributed by atoms with Gasteiger partial charge in [-0.1, -0.05) is 23.7 Å². The Hall–Kier alpha value is -3.18. The number of nitro groups is 1. The molecule has 0 atom stereocenters. The van der Waals surface area contributed by atoms with E-state index in [-0.39, 0.29) is 30.2 Å². The highest BCUT2D eigenvalue weighted by Gasteiger charge is 2.33. The molecule has 0 aliphatic carbocycles. The SMILES string of the molecule is Cc1cccc([N+](=O)[O-])c1NC(=O)CN(C)CC(=O)Nc1ccc(Cl)c(C(F)(F)F)c1. The molecule has 2 rings (SSSR count). The van der Waals surface area contributed by atoms with Crippen molar-refractivity contribution >= 4 is 40.5 Å². The molecule has 0 heterocycles. The van der Waals surface area contributed by atoms with Gasteiger partial charge in [0.15, 0.2) is 0 Å². The Balaban J connectivity index is 1.98. The lowest BCUT2D eigenvalue weighted by atomic mass is 10.1. The van der Waals surface area contributed by atoms with E-state index in [1.54, 1.807) is 13.0 Å². The zero-order valence-corrected chi connectivity index (χ0v) is 17.2. The average molecular weight is 459 g/mol. The number of halogens is 4. The van der Waals surface area contributed by atoms with Gasteiger partial charge in [-0.25, -0.2) is 0 Å². The summed E-state index contributed by atoms with van der Waals surface area (Å²) in [5.41, 5.74) is -0.908. The van der Waals surface area contributed by atoms with Gasteiger partial charge in [0.1, 0.15) is 5.69 Å². The van der Waals surface area contributed by atoms with Crippen LogP contribution in [0.4, 0.5) is 30.2 Å². The Morgan fingerprint density at radius 1 is 1.13 bits per heavy atom. The third-order valence-corrected chi connectivity index (χ3v) is 4.42. The lowest BCUT2D eigenvalue weighted by molar-refractivity contribution is -0.384. The number of benzene rings is 2. The van der Waals surface area contributed by atoms with Crippen molar-refractivity contribution in [3.05, 3.63) is 62.7 Å². The first-order valence-electron chi connectivity index (χ1n) is 8.77. The number of likely N-dealkylation sites (N-methyl/N-ethyl adjacent to an activating group) is 1. The molecule has 0 aromatic heterocycles. The second-order valence-electron chi connectivity index (χ2n) is 6.69. The Kier molecular flexibility index (Phi) is 7.58. The molecule has 0 aliphatic rings. The van der Waals surface area contributed by atoms with Gasteiger partial charge in [-0.3, -0.25) is 24.6 Å². The molecule has 12 heteroatoms. The fourth-order valence-corrected chi connectivity index (χ4v) is 2.94. The Bertz CT molecular complexity index is 1010. The summed E-state index contributed by atoms with van der Waals surface area (Å²) in [6.07, 6.45) is -4.68. The number of anilines is 2. The van der Waals surface area contributed by atoms with Crippen molar-refractivity contribution in [2.24, 2.45) is 0 Å². The summed E-state index contributed by atoms with van der Waals surface area (Å²) in [6.45, 7) is 1.00. The van der Waals surface area contributed by atoms with Gasteiger partial charge in [0.25, 0.3) is 5.69 Å². The van der Waals surface area contributed by atoms with Crippen molar-refractivity contribution in [3.8, 4) is 0 Å². The van der Waals surface area contributed by atoms with Gasteiger partial charge in [-0.2, -0.15) is 13.2 Å². The third-order valence-electron chi connectivity index (χ3n) is 4.09. The standard InChI is InChI=1S/C19H18ClF3N4O4/c1-11-4-3-5-15(27(30)31)18(11)25-17(29)10-26(2)9-16(28)24-12-6-7-14(20)13(8-12)19(21,22)23/h3-8H,9-10H2,1-2H3,(H,24,28)(H,25,29). The van der Waals surface area contributed by atoms with Crippen molar-refractivity contribution in [2.45, 2.75) is 13.1 Å². The van der Waals surface area contributed by atoms with E-state index in [9.17, 15) is 32.9 Å². The van der Waals surface area contributed by atoms with E-state index >= 15 is 0 Å². The van der Waals surface area contributed by atoms with Crippen LogP contribution in [0.5, 0.6) is 0 Å². The van der Waals surface area contributed by atoms with Crippen molar-refractivity contribution < 1.29 is 27.7 Å². The normalized spacial score (nSPS) is 11.3. The lowest BCUT2D eigenvalue weighted by Crippen LogP contribution is -2.36. The molecular formula is C19H18ClF3N4O4. The number of alkyl halides is 3. The summed E-state index contributed by atoms with van der Waals surface area (Å²) in [7, 11) is 1.44. The van der Waals surface area contributed by atoms with Crippen molar-refractivity contribution in [1.82, 2.24) is 4.90 Å². The second kappa shape index (κ2) is 9.75. The van der Waals surface area contributed by atoms with E-state index in [0.717, 1.165) is 6.07 Å². The first-order chi connectivity index (χ1) is 14.4. The molecule has 166 valence electrons. The minimum absolute atomic E-state index is 0.0520. The van der Waals surface area contributed by atoms with Crippen LogP contribution in [0.2, 0.25) is 5.02 Å². The molecule has 0 aliphatic heterocycles. The Labute approximate surface area is 180 Å². The minimum atomic E-state index is -4.68. The molecule has 0 spiro atoms. The smallest absolute Gasteiger partial charge is 0.325 e. The molecule has 31 heavy (non-hydrogen) atoms. The third kappa shape index (κ3) is 6.66. The van der Waals surface area contributed by atoms with Crippen LogP contribution in [0.1, 0.15) is 11.1 Å². The summed E-state index contributed by atoms with van der Waals surface area (Å²) >= 11 is 5.54. The molecule has 0 radical (unpaired) electrons. The highest BCUT2D eigenvalue weighted by atomic mass is 35.5. The number of nitrogens with one attached hydrogen (secondary N) is 2. The molecule has 0 bridgehead atoms. The summed E-state index contributed by atoms with van der Waals surface area (Å²) in [6, 6.07) is 7.29. The lowest BCUT2D eigenvalue weighted by Gasteiger charge is -2.17. The van der Waals surface area contributed by atoms with E-state index in [0.29, 0.717) is 11.6 Å². The van der Waals surface area contributed by atoms with Gasteiger partial charge in [-0.15, -0.1) is 0 Å². The number of aryl methyl sites for hydroxylation is 1. The predicted molar refractivity (Wildman–Crippen MR) is 109 cm³/mol. The zero-order valence-electron chi connectivity index (χ0n) is 16.4. The number of nitro benzene ring substituents is 1. The van der Waals surface area contributed by atoms with Gasteiger partial charge in [0, 0.05) is 11.8 Å². The first-order valence-corrected chi connectivity index (χ1v) is 9.15. The topological polar surface area (TPSA) is 105 Å². The van der Waals surface area contributed by atoms with Gasteiger partial charge < -0.3 is 10.6 Å². The van der Waals surface area contributed by atoms with Gasteiger partial charge in [0.2, 0.25) is 11.8 Å². The van der Waals surface area contributed by atoms with Crippen LogP contribution in [0.3, 0.4) is 0 Å². The van der Waals surface area contributed by atoms with Gasteiger partial charge in [-0.05, 0) is 37.7 Å². The summed E-state index contributed by atoms with van der Waals surface area (Å²) in [5, 5.41) is 15.4. The maximum atomic E-state index is 12.9. The van der Waals surface area contributed by atoms with Crippen LogP contribution >= 0.6 is 11.6 Å². The molecule has 0 fully saturated rings. The van der Waals surface area contributed by atoms with Crippen LogP contribution in [0, 0.1) is 17.0 Å². The first kappa shape index (κ1) is 24.1. The van der Waals surface area contributed by atoms with Crippen molar-refractivity contribution in [2.75, 3.05) is 30.8 Å². The molecule has 2 aromatic rings. The second-order valence-corrected chi connectivity index (χ2v) is 7.09. The molecule has 2 aromatic carbocycles. The van der Waals surface area contributed by atoms with Gasteiger partial charge in [0.05, 0.1) is 28.6 Å². The van der Waals surface area contributed by atoms with Crippen LogP contribution in [0.15, 0.2) is 36.4 Å². The maximum Gasteiger partial charge on any atom is 0.417 e. The molecule has 0 saturated carbocycles. The Morgan fingerprint density at radius 3 is 2.32 bits per heavy atom. The summed E-state index contributed by atoms with van der Waals surface area (Å²) in [4.78, 5) is 36.1. The van der Waals surface area contributed by atoms with Crippen LogP contribution in [-0.4, -0.2) is 41.8 Å². The van der Waals surface area contributed by atoms with E-state index < -0.39 is 33.5 Å². The van der Waals surface area contributed by atoms with E-state index in [4.69, 9.17) is 11.6 Å². The fraction of sp³-hybridized carbons (Fsp3) is 0.263. The summed E-state index contributed by atoms with van der Waals surface area (Å²) in [5.74, 6) is -1.26. The number of hydrogen-bond acceptors (Lipinski definition) is 5. The van der Waals surface area contributed by atoms with Crippen molar-refractivity contribution in [1.29, 1.82) is 0 Å². The van der Waals surface area contributed by atoms with E-state index in [1.165, 1.54) is 30.1 Å². The van der Waals surface area contributed by atoms with Crippen LogP contribution < -0.4 is 10.6 Å². The van der Waals surface area contributed by atoms with Crippen LogP contribution in [0.25, 0.3) is 0 Å². The fourth-order valence-electron chi connectivity index (χ4n) is 2.71. The van der Waals surface area contributed by atoms with E-state index in [1.807, 2.05) is 0 Å². The average Bonchev–Trinajstić information content (AvgIpc) is 2.63. The monoisotopic (exact) mass is 458 g/mol. The van der Waals surface area contributed by atoms with Crippen LogP contribution in [-0.2, 0) is 15.8 Å². The molecule has 8 nitrogen and oxygen atoms in total.